The lowest BCUT2D eigenvalue weighted by Crippen LogP contribution is -2.41. The van der Waals surface area contributed by atoms with Crippen LogP contribution in [0.3, 0.4) is 0 Å². The average Bonchev–Trinajstić information content (AvgIpc) is 2.64. The molecule has 1 aliphatic heterocycles. The van der Waals surface area contributed by atoms with Crippen molar-refractivity contribution in [1.29, 1.82) is 0 Å². The molecular weight excluding hydrogens is 378 g/mol. The van der Waals surface area contributed by atoms with Gasteiger partial charge in [0.2, 0.25) is 10.0 Å². The fourth-order valence-electron chi connectivity index (χ4n) is 3.20. The third-order valence-corrected chi connectivity index (χ3v) is 7.00. The van der Waals surface area contributed by atoms with Crippen molar-refractivity contribution < 1.29 is 8.42 Å². The minimum absolute atomic E-state index is 0.0489. The molecule has 2 N–H and O–H groups in total. The lowest BCUT2D eigenvalue weighted by Gasteiger charge is -2.32. The number of rotatable bonds is 4. The number of thiocarbonyl (C=S) groups is 1. The highest BCUT2D eigenvalue weighted by Crippen LogP contribution is 2.26. The molecule has 1 heterocycles. The van der Waals surface area contributed by atoms with E-state index in [1.54, 1.807) is 28.6 Å². The fourth-order valence-corrected chi connectivity index (χ4v) is 5.14. The standard InChI is InChI=1S/C20H25N3O2S2/c1-15-6-8-17(9-7-15)21-20(26)22-18-10-12-19(13-11-18)27(24,25)23-14-4-3-5-16(23)2/h6-13,16H,3-5,14H2,1-2H3,(H2,21,22,26)/t16-/m0/s1. The Bertz CT molecular complexity index is 894. The van der Waals surface area contributed by atoms with Gasteiger partial charge in [-0.25, -0.2) is 8.42 Å². The Morgan fingerprint density at radius 2 is 1.56 bits per heavy atom. The molecule has 2 aromatic rings. The van der Waals surface area contributed by atoms with Gasteiger partial charge in [-0.3, -0.25) is 0 Å². The predicted octanol–water partition coefficient (Wildman–Crippen LogP) is 4.37. The van der Waals surface area contributed by atoms with Crippen LogP contribution in [0.4, 0.5) is 11.4 Å². The molecule has 1 atom stereocenters. The fraction of sp³-hybridized carbons (Fsp3) is 0.350. The molecule has 0 amide bonds. The average molecular weight is 404 g/mol. The first kappa shape index (κ1) is 19.8. The number of piperidine rings is 1. The Labute approximate surface area is 166 Å². The molecule has 144 valence electrons. The van der Waals surface area contributed by atoms with Crippen molar-refractivity contribution in [3.8, 4) is 0 Å². The van der Waals surface area contributed by atoms with Gasteiger partial charge in [0.25, 0.3) is 0 Å². The van der Waals surface area contributed by atoms with Gasteiger partial charge in [-0.1, -0.05) is 24.1 Å². The van der Waals surface area contributed by atoms with Gasteiger partial charge in [0.15, 0.2) is 5.11 Å². The normalized spacial score (nSPS) is 18.1. The summed E-state index contributed by atoms with van der Waals surface area (Å²) in [6.07, 6.45) is 2.92. The summed E-state index contributed by atoms with van der Waals surface area (Å²) in [4.78, 5) is 0.319. The van der Waals surface area contributed by atoms with E-state index in [9.17, 15) is 8.42 Å². The summed E-state index contributed by atoms with van der Waals surface area (Å²) >= 11 is 5.33. The van der Waals surface area contributed by atoms with Crippen LogP contribution in [0.25, 0.3) is 0 Å². The molecule has 1 saturated heterocycles. The molecule has 3 rings (SSSR count). The number of aryl methyl sites for hydroxylation is 1. The summed E-state index contributed by atoms with van der Waals surface area (Å²) in [6, 6.07) is 14.7. The first-order chi connectivity index (χ1) is 12.9. The number of benzene rings is 2. The first-order valence-corrected chi connectivity index (χ1v) is 11.0. The number of anilines is 2. The van der Waals surface area contributed by atoms with E-state index in [4.69, 9.17) is 12.2 Å². The van der Waals surface area contributed by atoms with Crippen LogP contribution in [0.5, 0.6) is 0 Å². The zero-order valence-corrected chi connectivity index (χ0v) is 17.2. The van der Waals surface area contributed by atoms with E-state index >= 15 is 0 Å². The third-order valence-electron chi connectivity index (χ3n) is 4.77. The topological polar surface area (TPSA) is 61.4 Å². The molecule has 0 saturated carbocycles. The van der Waals surface area contributed by atoms with Crippen LogP contribution in [0, 0.1) is 6.92 Å². The molecular formula is C20H25N3O2S2. The summed E-state index contributed by atoms with van der Waals surface area (Å²) in [5.74, 6) is 0. The molecule has 0 aromatic heterocycles. The predicted molar refractivity (Wildman–Crippen MR) is 115 cm³/mol. The van der Waals surface area contributed by atoms with E-state index in [1.807, 2.05) is 38.1 Å². The molecule has 1 aliphatic rings. The lowest BCUT2D eigenvalue weighted by atomic mass is 10.1. The quantitative estimate of drug-likeness (QED) is 0.743. The monoisotopic (exact) mass is 403 g/mol. The molecule has 7 heteroatoms. The Hall–Kier alpha value is -1.96. The van der Waals surface area contributed by atoms with E-state index in [1.165, 1.54) is 5.56 Å². The lowest BCUT2D eigenvalue weighted by molar-refractivity contribution is 0.268. The molecule has 0 unspecified atom stereocenters. The van der Waals surface area contributed by atoms with Crippen LogP contribution in [0.1, 0.15) is 31.7 Å². The van der Waals surface area contributed by atoms with Gasteiger partial charge in [0.1, 0.15) is 0 Å². The van der Waals surface area contributed by atoms with Crippen molar-refractivity contribution in [1.82, 2.24) is 4.31 Å². The van der Waals surface area contributed by atoms with Crippen molar-refractivity contribution in [3.63, 3.8) is 0 Å². The molecule has 2 aromatic carbocycles. The third kappa shape index (κ3) is 4.86. The van der Waals surface area contributed by atoms with Gasteiger partial charge in [-0.05, 0) is 75.3 Å². The second-order valence-electron chi connectivity index (χ2n) is 6.93. The highest BCUT2D eigenvalue weighted by molar-refractivity contribution is 7.89. The Morgan fingerprint density at radius 3 is 2.11 bits per heavy atom. The minimum atomic E-state index is -3.45. The van der Waals surface area contributed by atoms with Crippen LogP contribution in [0.2, 0.25) is 0 Å². The van der Waals surface area contributed by atoms with Crippen LogP contribution in [0.15, 0.2) is 53.4 Å². The van der Waals surface area contributed by atoms with E-state index in [0.717, 1.165) is 30.6 Å². The SMILES string of the molecule is Cc1ccc(NC(=S)Nc2ccc(S(=O)(=O)N3CCCC[C@@H]3C)cc2)cc1. The minimum Gasteiger partial charge on any atom is -0.332 e. The molecule has 0 bridgehead atoms. The summed E-state index contributed by atoms with van der Waals surface area (Å²) in [7, 11) is -3.45. The first-order valence-electron chi connectivity index (χ1n) is 9.13. The number of sulfonamides is 1. The molecule has 27 heavy (non-hydrogen) atoms. The van der Waals surface area contributed by atoms with Crippen molar-refractivity contribution in [2.45, 2.75) is 44.0 Å². The van der Waals surface area contributed by atoms with Crippen molar-refractivity contribution >= 4 is 38.7 Å². The van der Waals surface area contributed by atoms with E-state index < -0.39 is 10.0 Å². The van der Waals surface area contributed by atoms with Gasteiger partial charge < -0.3 is 10.6 Å². The Kier molecular flexibility index (Phi) is 6.14. The van der Waals surface area contributed by atoms with Crippen LogP contribution in [-0.2, 0) is 10.0 Å². The summed E-state index contributed by atoms with van der Waals surface area (Å²) in [6.45, 7) is 4.59. The number of nitrogens with one attached hydrogen (secondary N) is 2. The van der Waals surface area contributed by atoms with Gasteiger partial charge >= 0.3 is 0 Å². The van der Waals surface area contributed by atoms with E-state index in [2.05, 4.69) is 10.6 Å². The highest BCUT2D eigenvalue weighted by Gasteiger charge is 2.30. The van der Waals surface area contributed by atoms with Crippen molar-refractivity contribution in [2.75, 3.05) is 17.2 Å². The van der Waals surface area contributed by atoms with Gasteiger partial charge in [0, 0.05) is 24.0 Å². The maximum absolute atomic E-state index is 12.9. The van der Waals surface area contributed by atoms with E-state index in [0.29, 0.717) is 16.6 Å². The van der Waals surface area contributed by atoms with E-state index in [-0.39, 0.29) is 6.04 Å². The Balaban J connectivity index is 1.66. The van der Waals surface area contributed by atoms with Crippen LogP contribution >= 0.6 is 12.2 Å². The second kappa shape index (κ2) is 8.37. The van der Waals surface area contributed by atoms with Crippen molar-refractivity contribution in [2.24, 2.45) is 0 Å². The van der Waals surface area contributed by atoms with Gasteiger partial charge in [-0.2, -0.15) is 4.31 Å². The summed E-state index contributed by atoms with van der Waals surface area (Å²) in [5, 5.41) is 6.66. The molecule has 0 aliphatic carbocycles. The summed E-state index contributed by atoms with van der Waals surface area (Å²) < 4.78 is 27.3. The second-order valence-corrected chi connectivity index (χ2v) is 9.23. The maximum Gasteiger partial charge on any atom is 0.243 e. The Morgan fingerprint density at radius 1 is 1.00 bits per heavy atom. The summed E-state index contributed by atoms with van der Waals surface area (Å²) in [5.41, 5.74) is 2.82. The zero-order valence-electron chi connectivity index (χ0n) is 15.6. The van der Waals surface area contributed by atoms with Crippen molar-refractivity contribution in [3.05, 3.63) is 54.1 Å². The largest absolute Gasteiger partial charge is 0.332 e. The number of hydrogen-bond acceptors (Lipinski definition) is 3. The smallest absolute Gasteiger partial charge is 0.243 e. The molecule has 1 fully saturated rings. The van der Waals surface area contributed by atoms with Gasteiger partial charge in [0.05, 0.1) is 4.90 Å². The van der Waals surface area contributed by atoms with Gasteiger partial charge in [-0.15, -0.1) is 0 Å². The maximum atomic E-state index is 12.9. The molecule has 5 nitrogen and oxygen atoms in total. The number of nitrogens with zero attached hydrogens (tertiary/aromatic N) is 1. The highest BCUT2D eigenvalue weighted by atomic mass is 32.2. The van der Waals surface area contributed by atoms with Crippen LogP contribution < -0.4 is 10.6 Å². The zero-order chi connectivity index (χ0) is 19.4. The van der Waals surface area contributed by atoms with Crippen LogP contribution in [-0.4, -0.2) is 30.4 Å². The molecule has 0 radical (unpaired) electrons. The molecule has 0 spiro atoms. The number of hydrogen-bond donors (Lipinski definition) is 2.